The van der Waals surface area contributed by atoms with Crippen LogP contribution in [0.3, 0.4) is 0 Å². The Morgan fingerprint density at radius 2 is 2.32 bits per heavy atom. The maximum Gasteiger partial charge on any atom is 0.255 e. The van der Waals surface area contributed by atoms with Gasteiger partial charge in [-0.2, -0.15) is 0 Å². The fourth-order valence-corrected chi connectivity index (χ4v) is 3.07. The van der Waals surface area contributed by atoms with Crippen molar-refractivity contribution < 1.29 is 9.59 Å². The van der Waals surface area contributed by atoms with E-state index in [9.17, 15) is 9.59 Å². The molecular weight excluding hydrogens is 320 g/mol. The lowest BCUT2D eigenvalue weighted by atomic mass is 10.0. The molecule has 8 heteroatoms. The van der Waals surface area contributed by atoms with Crippen molar-refractivity contribution in [1.29, 1.82) is 0 Å². The predicted molar refractivity (Wildman–Crippen MR) is 95.3 cm³/mol. The van der Waals surface area contributed by atoms with E-state index in [4.69, 9.17) is 0 Å². The van der Waals surface area contributed by atoms with Gasteiger partial charge in [0.15, 0.2) is 5.65 Å². The van der Waals surface area contributed by atoms with Gasteiger partial charge in [-0.15, -0.1) is 0 Å². The van der Waals surface area contributed by atoms with Crippen LogP contribution in [-0.2, 0) is 4.79 Å². The van der Waals surface area contributed by atoms with Crippen LogP contribution in [-0.4, -0.2) is 56.8 Å². The first-order valence-electron chi connectivity index (χ1n) is 8.27. The largest absolute Gasteiger partial charge is 0.362 e. The van der Waals surface area contributed by atoms with Crippen molar-refractivity contribution in [2.75, 3.05) is 25.0 Å². The van der Waals surface area contributed by atoms with Gasteiger partial charge in [0, 0.05) is 25.8 Å². The van der Waals surface area contributed by atoms with Gasteiger partial charge in [-0.25, -0.2) is 9.97 Å². The second-order valence-corrected chi connectivity index (χ2v) is 6.41. The molecule has 1 aliphatic rings. The number of fused-ring (bicyclic) bond motifs is 1. The second-order valence-electron chi connectivity index (χ2n) is 6.41. The summed E-state index contributed by atoms with van der Waals surface area (Å²) in [7, 11) is 0. The molecule has 132 valence electrons. The zero-order valence-corrected chi connectivity index (χ0v) is 14.4. The van der Waals surface area contributed by atoms with Crippen LogP contribution in [0.4, 0.5) is 5.82 Å². The normalized spacial score (nSPS) is 19.8. The maximum atomic E-state index is 12.1. The minimum Gasteiger partial charge on any atom is -0.362 e. The summed E-state index contributed by atoms with van der Waals surface area (Å²) in [6.07, 6.45) is 5.36. The SMILES string of the molecule is C=CC(=O)N1CCC(C)(Nc2cnc3[nH]cc(C(=O)NCC)c3n2)C1. The number of hydrogen-bond donors (Lipinski definition) is 3. The molecule has 1 atom stereocenters. The van der Waals surface area contributed by atoms with Crippen molar-refractivity contribution in [3.05, 3.63) is 30.6 Å². The topological polar surface area (TPSA) is 103 Å². The van der Waals surface area contributed by atoms with Crippen molar-refractivity contribution in [3.63, 3.8) is 0 Å². The summed E-state index contributed by atoms with van der Waals surface area (Å²) in [5, 5.41) is 6.12. The van der Waals surface area contributed by atoms with E-state index in [0.29, 0.717) is 42.2 Å². The van der Waals surface area contributed by atoms with E-state index in [1.54, 1.807) is 17.3 Å². The number of aromatic amines is 1. The quantitative estimate of drug-likeness (QED) is 0.711. The molecule has 0 spiro atoms. The van der Waals surface area contributed by atoms with Crippen LogP contribution in [0, 0.1) is 0 Å². The van der Waals surface area contributed by atoms with Crippen LogP contribution in [0.5, 0.6) is 0 Å². The number of nitrogens with zero attached hydrogens (tertiary/aromatic N) is 3. The average molecular weight is 342 g/mol. The lowest BCUT2D eigenvalue weighted by molar-refractivity contribution is -0.125. The van der Waals surface area contributed by atoms with E-state index in [1.165, 1.54) is 6.08 Å². The number of nitrogens with one attached hydrogen (secondary N) is 3. The van der Waals surface area contributed by atoms with Crippen molar-refractivity contribution in [2.24, 2.45) is 0 Å². The molecule has 25 heavy (non-hydrogen) atoms. The van der Waals surface area contributed by atoms with Gasteiger partial charge in [0.25, 0.3) is 5.91 Å². The van der Waals surface area contributed by atoms with Gasteiger partial charge in [0.1, 0.15) is 11.3 Å². The fourth-order valence-electron chi connectivity index (χ4n) is 3.07. The fraction of sp³-hybridized carbons (Fsp3) is 0.412. The first-order chi connectivity index (χ1) is 12.0. The first-order valence-corrected chi connectivity index (χ1v) is 8.27. The van der Waals surface area contributed by atoms with Gasteiger partial charge in [-0.1, -0.05) is 6.58 Å². The summed E-state index contributed by atoms with van der Waals surface area (Å²) >= 11 is 0. The van der Waals surface area contributed by atoms with E-state index in [1.807, 2.05) is 13.8 Å². The third kappa shape index (κ3) is 3.33. The molecule has 2 aromatic heterocycles. The van der Waals surface area contributed by atoms with Gasteiger partial charge in [-0.05, 0) is 26.3 Å². The summed E-state index contributed by atoms with van der Waals surface area (Å²) in [6, 6.07) is 0. The molecule has 1 unspecified atom stereocenters. The Kier molecular flexibility index (Phi) is 4.43. The molecule has 1 saturated heterocycles. The molecule has 0 aliphatic carbocycles. The number of likely N-dealkylation sites (tertiary alicyclic amines) is 1. The predicted octanol–water partition coefficient (Wildman–Crippen LogP) is 1.30. The van der Waals surface area contributed by atoms with Crippen LogP contribution in [0.15, 0.2) is 25.0 Å². The summed E-state index contributed by atoms with van der Waals surface area (Å²) in [5.74, 6) is 0.319. The van der Waals surface area contributed by atoms with E-state index in [-0.39, 0.29) is 17.4 Å². The highest BCUT2D eigenvalue weighted by Gasteiger charge is 2.35. The van der Waals surface area contributed by atoms with E-state index < -0.39 is 0 Å². The van der Waals surface area contributed by atoms with Crippen molar-refractivity contribution >= 4 is 28.8 Å². The van der Waals surface area contributed by atoms with E-state index >= 15 is 0 Å². The number of H-pyrrole nitrogens is 1. The number of hydrogen-bond acceptors (Lipinski definition) is 5. The Balaban J connectivity index is 1.82. The molecule has 0 aromatic carbocycles. The number of carbonyl (C=O) groups is 2. The molecule has 1 fully saturated rings. The molecule has 3 rings (SSSR count). The molecule has 0 bridgehead atoms. The van der Waals surface area contributed by atoms with Crippen LogP contribution >= 0.6 is 0 Å². The highest BCUT2D eigenvalue weighted by molar-refractivity contribution is 6.04. The lowest BCUT2D eigenvalue weighted by Gasteiger charge is -2.26. The van der Waals surface area contributed by atoms with Gasteiger partial charge in [0.05, 0.1) is 17.3 Å². The van der Waals surface area contributed by atoms with Crippen molar-refractivity contribution in [2.45, 2.75) is 25.8 Å². The number of aromatic nitrogens is 3. The Morgan fingerprint density at radius 3 is 3.04 bits per heavy atom. The van der Waals surface area contributed by atoms with Crippen molar-refractivity contribution in [1.82, 2.24) is 25.2 Å². The monoisotopic (exact) mass is 342 g/mol. The van der Waals surface area contributed by atoms with Crippen LogP contribution in [0.25, 0.3) is 11.2 Å². The minimum atomic E-state index is -0.302. The zero-order valence-electron chi connectivity index (χ0n) is 14.4. The second kappa shape index (κ2) is 6.54. The number of carbonyl (C=O) groups excluding carboxylic acids is 2. The van der Waals surface area contributed by atoms with Gasteiger partial charge >= 0.3 is 0 Å². The van der Waals surface area contributed by atoms with E-state index in [2.05, 4.69) is 32.2 Å². The smallest absolute Gasteiger partial charge is 0.255 e. The third-order valence-corrected chi connectivity index (χ3v) is 4.35. The van der Waals surface area contributed by atoms with Crippen LogP contribution in [0.2, 0.25) is 0 Å². The molecule has 3 N–H and O–H groups in total. The summed E-state index contributed by atoms with van der Waals surface area (Å²) in [6.45, 7) is 9.21. The molecule has 0 saturated carbocycles. The Labute approximate surface area is 145 Å². The number of rotatable bonds is 5. The summed E-state index contributed by atoms with van der Waals surface area (Å²) in [5.41, 5.74) is 1.25. The molecule has 2 aromatic rings. The Morgan fingerprint density at radius 1 is 1.52 bits per heavy atom. The number of amides is 2. The highest BCUT2D eigenvalue weighted by atomic mass is 16.2. The van der Waals surface area contributed by atoms with E-state index in [0.717, 1.165) is 6.42 Å². The van der Waals surface area contributed by atoms with Crippen molar-refractivity contribution in [3.8, 4) is 0 Å². The third-order valence-electron chi connectivity index (χ3n) is 4.35. The van der Waals surface area contributed by atoms with Crippen LogP contribution < -0.4 is 10.6 Å². The first kappa shape index (κ1) is 16.9. The van der Waals surface area contributed by atoms with Gasteiger partial charge in [-0.3, -0.25) is 9.59 Å². The summed E-state index contributed by atoms with van der Waals surface area (Å²) < 4.78 is 0. The van der Waals surface area contributed by atoms with Gasteiger partial charge in [0.2, 0.25) is 5.91 Å². The van der Waals surface area contributed by atoms with Crippen LogP contribution in [0.1, 0.15) is 30.6 Å². The Hall–Kier alpha value is -2.90. The Bertz CT molecular complexity index is 830. The molecule has 2 amide bonds. The lowest BCUT2D eigenvalue weighted by Crippen LogP contribution is -2.39. The molecule has 3 heterocycles. The molecule has 0 radical (unpaired) electrons. The highest BCUT2D eigenvalue weighted by Crippen LogP contribution is 2.26. The maximum absolute atomic E-state index is 12.1. The molecule has 1 aliphatic heterocycles. The minimum absolute atomic E-state index is 0.0729. The molecule has 8 nitrogen and oxygen atoms in total. The summed E-state index contributed by atoms with van der Waals surface area (Å²) in [4.78, 5) is 37.5. The zero-order chi connectivity index (χ0) is 18.0. The molecular formula is C17H22N6O2. The number of anilines is 1. The standard InChI is InChI=1S/C17H22N6O2/c1-4-13(24)23-7-6-17(3,10-23)22-12-9-20-15-14(21-12)11(8-19-15)16(25)18-5-2/h4,8-9H,1,5-7,10H2,2-3H3,(H,18,25)(H,19,20)(H,21,22). The van der Waals surface area contributed by atoms with Gasteiger partial charge < -0.3 is 20.5 Å². The average Bonchev–Trinajstić information content (AvgIpc) is 3.18.